The number of urea groups is 1. The minimum absolute atomic E-state index is 0.0225. The number of amides is 3. The first-order chi connectivity index (χ1) is 17.0. The molecule has 1 aromatic heterocycles. The standard InChI is InChI=1S/C23H16ClF3N2O7/c24-15-3-1-2-13-16(30)11-18(36-19(13)15)14-5-4-12(23(25,26)27)10-17(14)35-9-8-28-6-7-29(22(28)34)20(31)21(32)33/h1-5,10-11H,6-9H2,(H,32,33). The first-order valence-corrected chi connectivity index (χ1v) is 10.8. The number of nitrogens with zero attached hydrogens (tertiary/aromatic N) is 2. The van der Waals surface area contributed by atoms with Gasteiger partial charge in [0.15, 0.2) is 11.0 Å². The summed E-state index contributed by atoms with van der Waals surface area (Å²) >= 11 is 6.12. The van der Waals surface area contributed by atoms with E-state index in [9.17, 15) is 32.3 Å². The number of hydrogen-bond donors (Lipinski definition) is 1. The molecule has 36 heavy (non-hydrogen) atoms. The van der Waals surface area contributed by atoms with E-state index < -0.39 is 35.1 Å². The van der Waals surface area contributed by atoms with Crippen molar-refractivity contribution in [3.63, 3.8) is 0 Å². The van der Waals surface area contributed by atoms with Gasteiger partial charge in [-0.2, -0.15) is 13.2 Å². The van der Waals surface area contributed by atoms with Crippen molar-refractivity contribution in [3.05, 3.63) is 63.3 Å². The van der Waals surface area contributed by atoms with Crippen LogP contribution in [-0.2, 0) is 15.8 Å². The quantitative estimate of drug-likeness (QED) is 0.504. The Morgan fingerprint density at radius 2 is 1.86 bits per heavy atom. The number of rotatable bonds is 5. The molecule has 188 valence electrons. The molecule has 0 bridgehead atoms. The third-order valence-corrected chi connectivity index (χ3v) is 5.72. The number of fused-ring (bicyclic) bond motifs is 1. The van der Waals surface area contributed by atoms with Crippen LogP contribution < -0.4 is 10.2 Å². The Morgan fingerprint density at radius 3 is 2.56 bits per heavy atom. The lowest BCUT2D eigenvalue weighted by Gasteiger charge is -2.18. The van der Waals surface area contributed by atoms with Crippen LogP contribution in [0, 0.1) is 0 Å². The number of alkyl halides is 3. The largest absolute Gasteiger partial charge is 0.491 e. The third-order valence-electron chi connectivity index (χ3n) is 5.42. The van der Waals surface area contributed by atoms with Crippen molar-refractivity contribution < 1.29 is 41.8 Å². The van der Waals surface area contributed by atoms with Gasteiger partial charge in [0, 0.05) is 19.2 Å². The van der Waals surface area contributed by atoms with E-state index in [1.54, 1.807) is 6.07 Å². The molecule has 9 nitrogen and oxygen atoms in total. The summed E-state index contributed by atoms with van der Waals surface area (Å²) in [6.07, 6.45) is -4.69. The number of carbonyl (C=O) groups excluding carboxylic acids is 2. The number of aliphatic carboxylic acids is 1. The Hall–Kier alpha value is -4.06. The zero-order valence-electron chi connectivity index (χ0n) is 18.2. The third kappa shape index (κ3) is 4.85. The van der Waals surface area contributed by atoms with Crippen molar-refractivity contribution in [2.75, 3.05) is 26.2 Å². The molecule has 0 saturated carbocycles. The van der Waals surface area contributed by atoms with Crippen LogP contribution in [0.5, 0.6) is 5.75 Å². The molecule has 0 unspecified atom stereocenters. The summed E-state index contributed by atoms with van der Waals surface area (Å²) in [4.78, 5) is 48.9. The van der Waals surface area contributed by atoms with E-state index in [1.165, 1.54) is 12.1 Å². The minimum Gasteiger partial charge on any atom is -0.491 e. The zero-order chi connectivity index (χ0) is 26.2. The molecule has 2 aromatic carbocycles. The summed E-state index contributed by atoms with van der Waals surface area (Å²) in [7, 11) is 0. The maximum Gasteiger partial charge on any atom is 0.416 e. The maximum absolute atomic E-state index is 13.3. The number of carbonyl (C=O) groups is 3. The molecular weight excluding hydrogens is 509 g/mol. The van der Waals surface area contributed by atoms with Crippen LogP contribution in [0.1, 0.15) is 5.56 Å². The van der Waals surface area contributed by atoms with Gasteiger partial charge in [0.05, 0.1) is 28.1 Å². The SMILES string of the molecule is O=C(O)C(=O)N1CCN(CCOc2cc(C(F)(F)F)ccc2-c2cc(=O)c3cccc(Cl)c3o2)C1=O. The van der Waals surface area contributed by atoms with Gasteiger partial charge >= 0.3 is 24.1 Å². The van der Waals surface area contributed by atoms with Crippen LogP contribution in [0.3, 0.4) is 0 Å². The van der Waals surface area contributed by atoms with Gasteiger partial charge in [-0.1, -0.05) is 17.7 Å². The number of ether oxygens (including phenoxy) is 1. The Balaban J connectivity index is 1.62. The van der Waals surface area contributed by atoms with Gasteiger partial charge in [-0.15, -0.1) is 0 Å². The molecule has 1 saturated heterocycles. The van der Waals surface area contributed by atoms with Gasteiger partial charge in [-0.3, -0.25) is 14.5 Å². The van der Waals surface area contributed by atoms with Crippen molar-refractivity contribution in [3.8, 4) is 17.1 Å². The number of benzene rings is 2. The van der Waals surface area contributed by atoms with E-state index in [-0.39, 0.29) is 59.3 Å². The van der Waals surface area contributed by atoms with Crippen LogP contribution in [0.25, 0.3) is 22.3 Å². The second-order valence-corrected chi connectivity index (χ2v) is 8.09. The highest BCUT2D eigenvalue weighted by molar-refractivity contribution is 6.35. The molecule has 1 aliphatic rings. The lowest BCUT2D eigenvalue weighted by Crippen LogP contribution is -2.40. The van der Waals surface area contributed by atoms with E-state index in [4.69, 9.17) is 25.9 Å². The maximum atomic E-state index is 13.3. The number of carboxylic acids is 1. The van der Waals surface area contributed by atoms with E-state index in [2.05, 4.69) is 0 Å². The van der Waals surface area contributed by atoms with Crippen molar-refractivity contribution in [2.45, 2.75) is 6.18 Å². The van der Waals surface area contributed by atoms with Gasteiger partial charge in [0.1, 0.15) is 18.1 Å². The first-order valence-electron chi connectivity index (χ1n) is 10.4. The molecule has 2 heterocycles. The number of carboxylic acid groups (broad SMARTS) is 1. The second kappa shape index (κ2) is 9.53. The number of hydrogen-bond acceptors (Lipinski definition) is 6. The Kier molecular flexibility index (Phi) is 6.63. The summed E-state index contributed by atoms with van der Waals surface area (Å²) in [5, 5.41) is 9.11. The van der Waals surface area contributed by atoms with Gasteiger partial charge in [0.2, 0.25) is 0 Å². The Bertz CT molecular complexity index is 1440. The highest BCUT2D eigenvalue weighted by Crippen LogP contribution is 2.38. The molecule has 0 spiro atoms. The molecular formula is C23H16ClF3N2O7. The van der Waals surface area contributed by atoms with Gasteiger partial charge < -0.3 is 19.2 Å². The fourth-order valence-electron chi connectivity index (χ4n) is 3.66. The smallest absolute Gasteiger partial charge is 0.416 e. The first kappa shape index (κ1) is 25.0. The van der Waals surface area contributed by atoms with E-state index >= 15 is 0 Å². The highest BCUT2D eigenvalue weighted by atomic mass is 35.5. The van der Waals surface area contributed by atoms with Gasteiger partial charge in [-0.05, 0) is 30.3 Å². The summed E-state index contributed by atoms with van der Waals surface area (Å²) in [6.45, 7) is -0.574. The molecule has 1 aliphatic heterocycles. The van der Waals surface area contributed by atoms with Crippen molar-refractivity contribution in [2.24, 2.45) is 0 Å². The summed E-state index contributed by atoms with van der Waals surface area (Å²) in [6, 6.07) is 7.42. The number of halogens is 4. The van der Waals surface area contributed by atoms with Crippen LogP contribution in [0.2, 0.25) is 5.02 Å². The zero-order valence-corrected chi connectivity index (χ0v) is 18.9. The van der Waals surface area contributed by atoms with Crippen molar-refractivity contribution in [1.82, 2.24) is 9.80 Å². The lowest BCUT2D eigenvalue weighted by molar-refractivity contribution is -0.153. The monoisotopic (exact) mass is 524 g/mol. The van der Waals surface area contributed by atoms with Crippen LogP contribution >= 0.6 is 11.6 Å². The summed E-state index contributed by atoms with van der Waals surface area (Å²) < 4.78 is 51.3. The number of para-hydroxylation sites is 1. The fourth-order valence-corrected chi connectivity index (χ4v) is 3.87. The average Bonchev–Trinajstić information content (AvgIpc) is 3.18. The average molecular weight is 525 g/mol. The topological polar surface area (TPSA) is 117 Å². The van der Waals surface area contributed by atoms with Gasteiger partial charge in [-0.25, -0.2) is 9.59 Å². The van der Waals surface area contributed by atoms with E-state index in [0.717, 1.165) is 29.2 Å². The molecule has 1 N–H and O–H groups in total. The summed E-state index contributed by atoms with van der Waals surface area (Å²) in [5.41, 5.74) is -1.39. The van der Waals surface area contributed by atoms with Crippen molar-refractivity contribution >= 4 is 40.5 Å². The lowest BCUT2D eigenvalue weighted by atomic mass is 10.1. The predicted molar refractivity (Wildman–Crippen MR) is 120 cm³/mol. The molecule has 0 atom stereocenters. The molecule has 0 aliphatic carbocycles. The van der Waals surface area contributed by atoms with E-state index in [0.29, 0.717) is 4.90 Å². The molecule has 1 fully saturated rings. The normalized spacial score (nSPS) is 13.9. The number of imide groups is 1. The molecule has 0 radical (unpaired) electrons. The van der Waals surface area contributed by atoms with Gasteiger partial charge in [0.25, 0.3) is 0 Å². The van der Waals surface area contributed by atoms with E-state index in [1.807, 2.05) is 0 Å². The Labute approximate surface area is 205 Å². The summed E-state index contributed by atoms with van der Waals surface area (Å²) in [5.74, 6) is -3.52. The fraction of sp³-hybridized carbons (Fsp3) is 0.217. The van der Waals surface area contributed by atoms with Crippen molar-refractivity contribution in [1.29, 1.82) is 0 Å². The second-order valence-electron chi connectivity index (χ2n) is 7.68. The van der Waals surface area contributed by atoms with Crippen LogP contribution in [-0.4, -0.2) is 59.1 Å². The molecule has 13 heteroatoms. The van der Waals surface area contributed by atoms with Crippen LogP contribution in [0.15, 0.2) is 51.7 Å². The van der Waals surface area contributed by atoms with Crippen LogP contribution in [0.4, 0.5) is 18.0 Å². The minimum atomic E-state index is -4.69. The highest BCUT2D eigenvalue weighted by Gasteiger charge is 2.36. The Morgan fingerprint density at radius 1 is 1.11 bits per heavy atom. The molecule has 3 aromatic rings. The predicted octanol–water partition coefficient (Wildman–Crippen LogP) is 3.86. The molecule has 3 amide bonds. The molecule has 4 rings (SSSR count).